The van der Waals surface area contributed by atoms with Gasteiger partial charge < -0.3 is 19.9 Å². The van der Waals surface area contributed by atoms with E-state index in [1.54, 1.807) is 0 Å². The average Bonchev–Trinajstić information content (AvgIpc) is 2.96. The van der Waals surface area contributed by atoms with Gasteiger partial charge in [0, 0.05) is 19.0 Å². The first kappa shape index (κ1) is 10.4. The van der Waals surface area contributed by atoms with Gasteiger partial charge in [-0.3, -0.25) is 4.79 Å². The largest absolute Gasteiger partial charge is 0.481 e. The number of nitrogens with one attached hydrogen (secondary N) is 1. The molecule has 0 bridgehead atoms. The number of rotatable bonds is 2. The van der Waals surface area contributed by atoms with E-state index < -0.39 is 5.97 Å². The van der Waals surface area contributed by atoms with Gasteiger partial charge in [0.25, 0.3) is 0 Å². The van der Waals surface area contributed by atoms with Crippen molar-refractivity contribution in [2.24, 2.45) is 5.92 Å². The predicted molar refractivity (Wildman–Crippen MR) is 59.3 cm³/mol. The van der Waals surface area contributed by atoms with Gasteiger partial charge in [0.1, 0.15) is 0 Å². The van der Waals surface area contributed by atoms with Gasteiger partial charge in [-0.15, -0.1) is 0 Å². The monoisotopic (exact) mass is 235 g/mol. The van der Waals surface area contributed by atoms with Crippen LogP contribution in [0, 0.1) is 5.92 Å². The molecular weight excluding hydrogens is 222 g/mol. The molecular formula is C12H13NO4. The standard InChI is InChI=1S/C12H13NO4/c14-12(15)9-5-13-4-8(9)7-1-2-10-11(3-7)17-6-16-10/h1-3,8-9,13H,4-6H2,(H,14,15)/t8-,9-/m0/s1. The Morgan fingerprint density at radius 2 is 2.12 bits per heavy atom. The minimum atomic E-state index is -0.752. The number of hydrogen-bond donors (Lipinski definition) is 2. The number of ether oxygens (including phenoxy) is 2. The van der Waals surface area contributed by atoms with E-state index in [9.17, 15) is 4.79 Å². The summed E-state index contributed by atoms with van der Waals surface area (Å²) < 4.78 is 10.5. The Balaban J connectivity index is 1.91. The quantitative estimate of drug-likeness (QED) is 0.793. The van der Waals surface area contributed by atoms with Gasteiger partial charge in [-0.2, -0.15) is 0 Å². The Labute approximate surface area is 98.3 Å². The number of carboxylic acid groups (broad SMARTS) is 1. The summed E-state index contributed by atoms with van der Waals surface area (Å²) in [6, 6.07) is 5.64. The van der Waals surface area contributed by atoms with Crippen molar-refractivity contribution in [3.8, 4) is 11.5 Å². The zero-order valence-corrected chi connectivity index (χ0v) is 9.18. The zero-order valence-electron chi connectivity index (χ0n) is 9.18. The molecule has 1 fully saturated rings. The van der Waals surface area contributed by atoms with Crippen molar-refractivity contribution in [2.75, 3.05) is 19.9 Å². The summed E-state index contributed by atoms with van der Waals surface area (Å²) in [6.45, 7) is 1.45. The van der Waals surface area contributed by atoms with Crippen LogP contribution in [-0.4, -0.2) is 31.0 Å². The molecule has 2 N–H and O–H groups in total. The highest BCUT2D eigenvalue weighted by Gasteiger charge is 2.34. The smallest absolute Gasteiger partial charge is 0.308 e. The van der Waals surface area contributed by atoms with E-state index in [1.807, 2.05) is 18.2 Å². The molecule has 17 heavy (non-hydrogen) atoms. The number of aliphatic carboxylic acids is 1. The number of benzene rings is 1. The van der Waals surface area contributed by atoms with Crippen LogP contribution in [0.25, 0.3) is 0 Å². The molecule has 1 aromatic carbocycles. The fourth-order valence-electron chi connectivity index (χ4n) is 2.43. The van der Waals surface area contributed by atoms with Gasteiger partial charge in [0.15, 0.2) is 11.5 Å². The lowest BCUT2D eigenvalue weighted by Gasteiger charge is -2.15. The van der Waals surface area contributed by atoms with E-state index in [-0.39, 0.29) is 18.6 Å². The van der Waals surface area contributed by atoms with Crippen LogP contribution in [-0.2, 0) is 4.79 Å². The molecule has 0 spiro atoms. The van der Waals surface area contributed by atoms with Gasteiger partial charge in [-0.25, -0.2) is 0 Å². The second-order valence-corrected chi connectivity index (χ2v) is 4.32. The summed E-state index contributed by atoms with van der Waals surface area (Å²) in [5, 5.41) is 12.3. The normalized spacial score (nSPS) is 26.1. The Kier molecular flexibility index (Phi) is 2.40. The molecule has 5 nitrogen and oxygen atoms in total. The molecule has 0 radical (unpaired) electrons. The van der Waals surface area contributed by atoms with Crippen LogP contribution >= 0.6 is 0 Å². The highest BCUT2D eigenvalue weighted by atomic mass is 16.7. The number of fused-ring (bicyclic) bond motifs is 1. The highest BCUT2D eigenvalue weighted by Crippen LogP contribution is 2.37. The maximum atomic E-state index is 11.1. The van der Waals surface area contributed by atoms with Crippen molar-refractivity contribution in [1.29, 1.82) is 0 Å². The van der Waals surface area contributed by atoms with Crippen molar-refractivity contribution >= 4 is 5.97 Å². The van der Waals surface area contributed by atoms with E-state index in [0.717, 1.165) is 11.3 Å². The first-order valence-electron chi connectivity index (χ1n) is 5.59. The van der Waals surface area contributed by atoms with Crippen LogP contribution < -0.4 is 14.8 Å². The van der Waals surface area contributed by atoms with E-state index in [4.69, 9.17) is 14.6 Å². The predicted octanol–water partition coefficient (Wildman–Crippen LogP) is 0.803. The molecule has 2 atom stereocenters. The third-order valence-electron chi connectivity index (χ3n) is 3.36. The maximum Gasteiger partial charge on any atom is 0.308 e. The van der Waals surface area contributed by atoms with E-state index >= 15 is 0 Å². The van der Waals surface area contributed by atoms with Crippen molar-refractivity contribution < 1.29 is 19.4 Å². The second-order valence-electron chi connectivity index (χ2n) is 4.32. The van der Waals surface area contributed by atoms with Gasteiger partial charge in [0.05, 0.1) is 5.92 Å². The summed E-state index contributed by atoms with van der Waals surface area (Å²) >= 11 is 0. The van der Waals surface area contributed by atoms with Crippen LogP contribution in [0.2, 0.25) is 0 Å². The molecule has 90 valence electrons. The summed E-state index contributed by atoms with van der Waals surface area (Å²) in [7, 11) is 0. The lowest BCUT2D eigenvalue weighted by molar-refractivity contribution is -0.141. The molecule has 2 aliphatic rings. The molecule has 3 rings (SSSR count). The Bertz CT molecular complexity index is 460. The van der Waals surface area contributed by atoms with Crippen LogP contribution in [0.1, 0.15) is 11.5 Å². The summed E-state index contributed by atoms with van der Waals surface area (Å²) in [5.41, 5.74) is 0.992. The number of carbonyl (C=O) groups is 1. The van der Waals surface area contributed by atoms with E-state index in [1.165, 1.54) is 0 Å². The zero-order chi connectivity index (χ0) is 11.8. The lowest BCUT2D eigenvalue weighted by Crippen LogP contribution is -2.20. The van der Waals surface area contributed by atoms with Crippen molar-refractivity contribution in [1.82, 2.24) is 5.32 Å². The van der Waals surface area contributed by atoms with Gasteiger partial charge in [0.2, 0.25) is 6.79 Å². The Hall–Kier alpha value is -1.75. The molecule has 0 unspecified atom stereocenters. The fraction of sp³-hybridized carbons (Fsp3) is 0.417. The SMILES string of the molecule is O=C(O)[C@H]1CNC[C@H]1c1ccc2c(c1)OCO2. The third-order valence-corrected chi connectivity index (χ3v) is 3.36. The molecule has 1 aromatic rings. The Morgan fingerprint density at radius 1 is 1.29 bits per heavy atom. The van der Waals surface area contributed by atoms with Crippen LogP contribution in [0.4, 0.5) is 0 Å². The molecule has 2 heterocycles. The van der Waals surface area contributed by atoms with Crippen molar-refractivity contribution in [2.45, 2.75) is 5.92 Å². The first-order chi connectivity index (χ1) is 8.25. The molecule has 0 amide bonds. The minimum Gasteiger partial charge on any atom is -0.481 e. The van der Waals surface area contributed by atoms with Gasteiger partial charge in [-0.05, 0) is 17.7 Å². The number of hydrogen-bond acceptors (Lipinski definition) is 4. The lowest BCUT2D eigenvalue weighted by atomic mass is 9.89. The molecule has 0 saturated carbocycles. The van der Waals surface area contributed by atoms with Crippen LogP contribution in [0.3, 0.4) is 0 Å². The molecule has 0 aliphatic carbocycles. The molecule has 2 aliphatic heterocycles. The van der Waals surface area contributed by atoms with Crippen molar-refractivity contribution in [3.05, 3.63) is 23.8 Å². The Morgan fingerprint density at radius 3 is 2.94 bits per heavy atom. The third kappa shape index (κ3) is 1.72. The van der Waals surface area contributed by atoms with Gasteiger partial charge >= 0.3 is 5.97 Å². The second kappa shape index (κ2) is 3.92. The van der Waals surface area contributed by atoms with Crippen molar-refractivity contribution in [3.63, 3.8) is 0 Å². The average molecular weight is 235 g/mol. The minimum absolute atomic E-state index is 0.00185. The highest BCUT2D eigenvalue weighted by molar-refractivity contribution is 5.72. The molecule has 1 saturated heterocycles. The molecule has 0 aromatic heterocycles. The summed E-state index contributed by atoms with van der Waals surface area (Å²) in [6.07, 6.45) is 0. The first-order valence-corrected chi connectivity index (χ1v) is 5.59. The van der Waals surface area contributed by atoms with E-state index in [0.29, 0.717) is 18.8 Å². The number of carboxylic acids is 1. The van der Waals surface area contributed by atoms with Crippen LogP contribution in [0.5, 0.6) is 11.5 Å². The van der Waals surface area contributed by atoms with Crippen LogP contribution in [0.15, 0.2) is 18.2 Å². The summed E-state index contributed by atoms with van der Waals surface area (Å²) in [5.74, 6) is 0.320. The fourth-order valence-corrected chi connectivity index (χ4v) is 2.43. The van der Waals surface area contributed by atoms with E-state index in [2.05, 4.69) is 5.32 Å². The van der Waals surface area contributed by atoms with Gasteiger partial charge in [-0.1, -0.05) is 6.07 Å². The topological polar surface area (TPSA) is 67.8 Å². The molecule has 5 heteroatoms. The summed E-state index contributed by atoms with van der Waals surface area (Å²) in [4.78, 5) is 11.1. The maximum absolute atomic E-state index is 11.1.